The molecule has 0 spiro atoms. The summed E-state index contributed by atoms with van der Waals surface area (Å²) in [4.78, 5) is 0. The van der Waals surface area contributed by atoms with E-state index in [0.717, 1.165) is 13.0 Å². The predicted molar refractivity (Wildman–Crippen MR) is 58.9 cm³/mol. The summed E-state index contributed by atoms with van der Waals surface area (Å²) in [5.74, 6) is 0.690. The maximum Gasteiger partial charge on any atom is 0.0613 e. The van der Waals surface area contributed by atoms with E-state index in [9.17, 15) is 0 Å². The van der Waals surface area contributed by atoms with Crippen LogP contribution < -0.4 is 0 Å². The smallest absolute Gasteiger partial charge is 0.0613 e. The van der Waals surface area contributed by atoms with E-state index in [1.165, 1.54) is 44.1 Å². The van der Waals surface area contributed by atoms with E-state index in [-0.39, 0.29) is 6.61 Å². The monoisotopic (exact) mass is 206 g/mol. The Morgan fingerprint density at radius 2 is 1.77 bits per heavy atom. The maximum absolute atomic E-state index is 8.47. The molecule has 0 heterocycles. The summed E-state index contributed by atoms with van der Waals surface area (Å²) in [7, 11) is 0. The van der Waals surface area contributed by atoms with Crippen molar-refractivity contribution in [3.63, 3.8) is 0 Å². The first-order valence-electron chi connectivity index (χ1n) is 5.27. The lowest BCUT2D eigenvalue weighted by molar-refractivity contribution is 0.313. The molecule has 13 heavy (non-hydrogen) atoms. The van der Waals surface area contributed by atoms with Crippen molar-refractivity contribution in [3.05, 3.63) is 0 Å². The van der Waals surface area contributed by atoms with Crippen LogP contribution in [-0.2, 0) is 4.18 Å². The molecule has 3 heteroatoms. The number of unbranched alkanes of at least 4 members (excludes halogenated alkanes) is 5. The highest BCUT2D eigenvalue weighted by Crippen LogP contribution is 2.07. The Hall–Kier alpha value is 0.270. The molecule has 0 atom stereocenters. The van der Waals surface area contributed by atoms with Crippen LogP contribution in [0.2, 0.25) is 0 Å². The molecule has 0 aliphatic carbocycles. The molecule has 0 unspecified atom stereocenters. The number of hydrogen-bond donors (Lipinski definition) is 1. The minimum absolute atomic E-state index is 0.209. The molecular weight excluding hydrogens is 184 g/mol. The fraction of sp³-hybridized carbons (Fsp3) is 1.00. The minimum atomic E-state index is 0.209. The molecule has 0 radical (unpaired) electrons. The van der Waals surface area contributed by atoms with Crippen molar-refractivity contribution in [3.8, 4) is 0 Å². The molecule has 1 N–H and O–H groups in total. The molecule has 2 nitrogen and oxygen atoms in total. The quantitative estimate of drug-likeness (QED) is 0.440. The third-order valence-corrected chi connectivity index (χ3v) is 2.52. The van der Waals surface area contributed by atoms with Gasteiger partial charge in [-0.25, -0.2) is 0 Å². The summed E-state index contributed by atoms with van der Waals surface area (Å²) in [6.07, 6.45) is 7.80. The average molecular weight is 206 g/mol. The van der Waals surface area contributed by atoms with Crippen molar-refractivity contribution in [2.45, 2.75) is 45.4 Å². The third-order valence-electron chi connectivity index (χ3n) is 1.84. The first-order chi connectivity index (χ1) is 6.41. The Kier molecular flexibility index (Phi) is 12.5. The molecular formula is C10H22O2S. The van der Waals surface area contributed by atoms with Gasteiger partial charge in [0.05, 0.1) is 13.2 Å². The van der Waals surface area contributed by atoms with Crippen molar-refractivity contribution in [2.24, 2.45) is 0 Å². The van der Waals surface area contributed by atoms with Gasteiger partial charge >= 0.3 is 0 Å². The van der Waals surface area contributed by atoms with Crippen molar-refractivity contribution in [2.75, 3.05) is 19.0 Å². The molecule has 0 aromatic carbocycles. The topological polar surface area (TPSA) is 29.5 Å². The van der Waals surface area contributed by atoms with Gasteiger partial charge in [-0.05, 0) is 18.5 Å². The Balaban J connectivity index is 2.76. The van der Waals surface area contributed by atoms with Crippen molar-refractivity contribution in [1.29, 1.82) is 0 Å². The van der Waals surface area contributed by atoms with E-state index < -0.39 is 0 Å². The van der Waals surface area contributed by atoms with Crippen LogP contribution >= 0.6 is 12.0 Å². The second-order valence-electron chi connectivity index (χ2n) is 3.14. The number of hydrogen-bond acceptors (Lipinski definition) is 3. The maximum atomic E-state index is 8.47. The zero-order valence-corrected chi connectivity index (χ0v) is 9.44. The molecule has 0 fully saturated rings. The molecule has 80 valence electrons. The minimum Gasteiger partial charge on any atom is -0.395 e. The van der Waals surface area contributed by atoms with Crippen LogP contribution in [0, 0.1) is 0 Å². The molecule has 0 aromatic rings. The highest BCUT2D eigenvalue weighted by molar-refractivity contribution is 7.94. The van der Waals surface area contributed by atoms with Gasteiger partial charge in [-0.3, -0.25) is 0 Å². The SMILES string of the molecule is CCCCCCCCOSCCO. The Labute approximate surface area is 86.3 Å². The first kappa shape index (κ1) is 13.3. The molecule has 0 amide bonds. The van der Waals surface area contributed by atoms with Crippen LogP contribution in [0.5, 0.6) is 0 Å². The van der Waals surface area contributed by atoms with Gasteiger partial charge in [0.2, 0.25) is 0 Å². The molecule has 0 aromatic heterocycles. The van der Waals surface area contributed by atoms with Gasteiger partial charge in [0.25, 0.3) is 0 Å². The van der Waals surface area contributed by atoms with Crippen LogP contribution in [0.15, 0.2) is 0 Å². The second-order valence-corrected chi connectivity index (χ2v) is 4.01. The van der Waals surface area contributed by atoms with Crippen molar-refractivity contribution >= 4 is 12.0 Å². The van der Waals surface area contributed by atoms with Crippen LogP contribution in [0.3, 0.4) is 0 Å². The number of aliphatic hydroxyl groups excluding tert-OH is 1. The summed E-state index contributed by atoms with van der Waals surface area (Å²) in [6.45, 7) is 3.27. The zero-order chi connectivity index (χ0) is 9.78. The molecule has 0 saturated heterocycles. The lowest BCUT2D eigenvalue weighted by Gasteiger charge is -2.01. The van der Waals surface area contributed by atoms with Gasteiger partial charge in [0.1, 0.15) is 0 Å². The summed E-state index contributed by atoms with van der Waals surface area (Å²) < 4.78 is 5.24. The van der Waals surface area contributed by atoms with E-state index in [2.05, 4.69) is 6.92 Å². The van der Waals surface area contributed by atoms with E-state index >= 15 is 0 Å². The predicted octanol–water partition coefficient (Wildman–Crippen LogP) is 3.00. The van der Waals surface area contributed by atoms with Gasteiger partial charge in [-0.2, -0.15) is 0 Å². The summed E-state index contributed by atoms with van der Waals surface area (Å²) in [5.41, 5.74) is 0. The lowest BCUT2D eigenvalue weighted by Crippen LogP contribution is -1.91. The van der Waals surface area contributed by atoms with Crippen molar-refractivity contribution < 1.29 is 9.29 Å². The van der Waals surface area contributed by atoms with Gasteiger partial charge in [-0.1, -0.05) is 39.0 Å². The molecule has 0 aliphatic rings. The van der Waals surface area contributed by atoms with Crippen LogP contribution in [0.1, 0.15) is 45.4 Å². The highest BCUT2D eigenvalue weighted by atomic mass is 32.2. The lowest BCUT2D eigenvalue weighted by atomic mass is 10.1. The van der Waals surface area contributed by atoms with Crippen LogP contribution in [0.4, 0.5) is 0 Å². The summed E-state index contributed by atoms with van der Waals surface area (Å²) >= 11 is 1.37. The Bertz CT molecular complexity index is 79.0. The summed E-state index contributed by atoms with van der Waals surface area (Å²) in [5, 5.41) is 8.47. The van der Waals surface area contributed by atoms with E-state index in [1.807, 2.05) is 0 Å². The Morgan fingerprint density at radius 1 is 1.08 bits per heavy atom. The van der Waals surface area contributed by atoms with Gasteiger partial charge in [0, 0.05) is 5.75 Å². The van der Waals surface area contributed by atoms with Gasteiger partial charge in [0.15, 0.2) is 0 Å². The van der Waals surface area contributed by atoms with Crippen LogP contribution in [-0.4, -0.2) is 24.1 Å². The fourth-order valence-corrected chi connectivity index (χ4v) is 1.52. The highest BCUT2D eigenvalue weighted by Gasteiger charge is 1.91. The van der Waals surface area contributed by atoms with Gasteiger partial charge < -0.3 is 9.29 Å². The largest absolute Gasteiger partial charge is 0.395 e. The standard InChI is InChI=1S/C10H22O2S/c1-2-3-4-5-6-7-9-12-13-10-8-11/h11H,2-10H2,1H3. The molecule has 0 saturated carbocycles. The zero-order valence-electron chi connectivity index (χ0n) is 8.63. The fourth-order valence-electron chi connectivity index (χ4n) is 1.10. The Morgan fingerprint density at radius 3 is 2.46 bits per heavy atom. The first-order valence-corrected chi connectivity index (χ1v) is 6.18. The third kappa shape index (κ3) is 12.3. The van der Waals surface area contributed by atoms with Crippen LogP contribution in [0.25, 0.3) is 0 Å². The number of aliphatic hydroxyl groups is 1. The molecule has 0 bridgehead atoms. The normalized spacial score (nSPS) is 10.6. The van der Waals surface area contributed by atoms with Crippen molar-refractivity contribution in [1.82, 2.24) is 0 Å². The average Bonchev–Trinajstić information content (AvgIpc) is 2.16. The summed E-state index contributed by atoms with van der Waals surface area (Å²) in [6, 6.07) is 0. The van der Waals surface area contributed by atoms with E-state index in [0.29, 0.717) is 5.75 Å². The number of rotatable bonds is 10. The van der Waals surface area contributed by atoms with Gasteiger partial charge in [-0.15, -0.1) is 0 Å². The van der Waals surface area contributed by atoms with E-state index in [1.54, 1.807) is 0 Å². The second kappa shape index (κ2) is 12.3. The van der Waals surface area contributed by atoms with E-state index in [4.69, 9.17) is 9.29 Å². The molecule has 0 aliphatic heterocycles. The molecule has 0 rings (SSSR count).